The molecule has 4 nitrogen and oxygen atoms in total. The van der Waals surface area contributed by atoms with Crippen LogP contribution in [0.15, 0.2) is 46.9 Å². The molecule has 0 amide bonds. The van der Waals surface area contributed by atoms with Crippen LogP contribution in [-0.2, 0) is 6.61 Å². The summed E-state index contributed by atoms with van der Waals surface area (Å²) in [5, 5.41) is 23.7. The fourth-order valence-corrected chi connectivity index (χ4v) is 5.47. The summed E-state index contributed by atoms with van der Waals surface area (Å²) in [6.07, 6.45) is 4.14. The molecule has 0 spiro atoms. The van der Waals surface area contributed by atoms with E-state index in [0.717, 1.165) is 43.3 Å². The van der Waals surface area contributed by atoms with Gasteiger partial charge in [-0.1, -0.05) is 43.3 Å². The quantitative estimate of drug-likeness (QED) is 0.264. The normalized spacial score (nSPS) is 10.8. The number of nitriles is 1. The fourth-order valence-electron chi connectivity index (χ4n) is 2.66. The maximum Gasteiger partial charge on any atom is 0.141 e. The Morgan fingerprint density at radius 2 is 2.18 bits per heavy atom. The maximum absolute atomic E-state index is 9.88. The molecular weight excluding hydrogens is 406 g/mol. The van der Waals surface area contributed by atoms with Gasteiger partial charge in [0.15, 0.2) is 0 Å². The van der Waals surface area contributed by atoms with Crippen LogP contribution in [0.3, 0.4) is 0 Å². The van der Waals surface area contributed by atoms with E-state index in [9.17, 15) is 10.4 Å². The van der Waals surface area contributed by atoms with Crippen molar-refractivity contribution in [3.05, 3.63) is 53.0 Å². The Hall–Kier alpha value is -1.85. The van der Waals surface area contributed by atoms with Crippen LogP contribution in [0.2, 0.25) is 0 Å². The molecule has 0 atom stereocenters. The number of rotatable bonds is 9. The van der Waals surface area contributed by atoms with Gasteiger partial charge in [-0.2, -0.15) is 17.0 Å². The number of aliphatic hydroxyl groups is 1. The van der Waals surface area contributed by atoms with E-state index in [1.54, 1.807) is 18.0 Å². The van der Waals surface area contributed by atoms with E-state index >= 15 is 0 Å². The molecule has 0 fully saturated rings. The van der Waals surface area contributed by atoms with Gasteiger partial charge < -0.3 is 5.11 Å². The Balaban J connectivity index is 2.02. The Morgan fingerprint density at radius 3 is 2.89 bits per heavy atom. The smallest absolute Gasteiger partial charge is 0.141 e. The predicted molar refractivity (Wildman–Crippen MR) is 120 cm³/mol. The zero-order valence-electron chi connectivity index (χ0n) is 15.6. The molecule has 1 N–H and O–H groups in total. The van der Waals surface area contributed by atoms with E-state index in [1.165, 1.54) is 24.2 Å². The SMILES string of the molecule is CCCCSCSc1nc(-c2nccs2)cc(-c2cccc(CO)c2)c1C#N. The van der Waals surface area contributed by atoms with E-state index in [1.807, 2.05) is 47.5 Å². The van der Waals surface area contributed by atoms with E-state index in [4.69, 9.17) is 4.98 Å². The number of nitrogens with zero attached hydrogens (tertiary/aromatic N) is 3. The average Bonchev–Trinajstić information content (AvgIpc) is 3.28. The monoisotopic (exact) mass is 427 g/mol. The molecule has 0 radical (unpaired) electrons. The third-order valence-corrected chi connectivity index (χ3v) is 7.17. The lowest BCUT2D eigenvalue weighted by molar-refractivity contribution is 0.282. The lowest BCUT2D eigenvalue weighted by Crippen LogP contribution is -1.96. The third kappa shape index (κ3) is 5.15. The molecule has 7 heteroatoms. The zero-order valence-corrected chi connectivity index (χ0v) is 18.0. The first-order valence-electron chi connectivity index (χ1n) is 9.02. The average molecular weight is 428 g/mol. The number of aliphatic hydroxyl groups excluding tert-OH is 1. The van der Waals surface area contributed by atoms with Crippen molar-refractivity contribution in [2.24, 2.45) is 0 Å². The molecule has 0 aliphatic carbocycles. The summed E-state index contributed by atoms with van der Waals surface area (Å²) < 4.78 is 0. The molecule has 2 heterocycles. The predicted octanol–water partition coefficient (Wildman–Crippen LogP) is 5.82. The number of hydrogen-bond donors (Lipinski definition) is 1. The Bertz CT molecular complexity index is 952. The molecule has 28 heavy (non-hydrogen) atoms. The Labute approximate surface area is 178 Å². The van der Waals surface area contributed by atoms with Gasteiger partial charge in [0.05, 0.1) is 12.2 Å². The van der Waals surface area contributed by atoms with Gasteiger partial charge in [-0.3, -0.25) is 0 Å². The highest BCUT2D eigenvalue weighted by molar-refractivity contribution is 8.15. The summed E-state index contributed by atoms with van der Waals surface area (Å²) in [4.78, 5) is 9.15. The van der Waals surface area contributed by atoms with Gasteiger partial charge in [0.25, 0.3) is 0 Å². The van der Waals surface area contributed by atoms with Crippen molar-refractivity contribution in [3.63, 3.8) is 0 Å². The lowest BCUT2D eigenvalue weighted by Gasteiger charge is -2.12. The summed E-state index contributed by atoms with van der Waals surface area (Å²) in [6.45, 7) is 2.16. The topological polar surface area (TPSA) is 69.8 Å². The fraction of sp³-hybridized carbons (Fsp3) is 0.286. The van der Waals surface area contributed by atoms with Gasteiger partial charge in [-0.15, -0.1) is 11.3 Å². The van der Waals surface area contributed by atoms with Crippen LogP contribution in [-0.4, -0.2) is 25.9 Å². The van der Waals surface area contributed by atoms with Crippen LogP contribution < -0.4 is 0 Å². The van der Waals surface area contributed by atoms with Gasteiger partial charge in [0.2, 0.25) is 0 Å². The Morgan fingerprint density at radius 1 is 1.29 bits per heavy atom. The second-order valence-electron chi connectivity index (χ2n) is 6.07. The largest absolute Gasteiger partial charge is 0.392 e. The van der Waals surface area contributed by atoms with Crippen molar-refractivity contribution >= 4 is 34.9 Å². The number of aromatic nitrogens is 2. The van der Waals surface area contributed by atoms with Crippen molar-refractivity contribution in [1.82, 2.24) is 9.97 Å². The highest BCUT2D eigenvalue weighted by Gasteiger charge is 2.17. The van der Waals surface area contributed by atoms with E-state index in [-0.39, 0.29) is 6.61 Å². The van der Waals surface area contributed by atoms with Crippen LogP contribution in [0, 0.1) is 11.3 Å². The number of hydrogen-bond acceptors (Lipinski definition) is 7. The Kier molecular flexibility index (Phi) is 7.92. The molecule has 0 aliphatic rings. The summed E-state index contributed by atoms with van der Waals surface area (Å²) in [5.41, 5.74) is 3.91. The second-order valence-corrected chi connectivity index (χ2v) is 9.40. The number of thiazole rings is 1. The standard InChI is InChI=1S/C21H21N3OS3/c1-2-3-8-26-14-28-20-18(12-22)17(16-6-4-5-15(10-16)13-25)11-19(24-20)21-23-7-9-27-21/h4-7,9-11,25H,2-3,8,13-14H2,1H3. The van der Waals surface area contributed by atoms with E-state index < -0.39 is 0 Å². The van der Waals surface area contributed by atoms with Crippen molar-refractivity contribution in [2.75, 3.05) is 10.8 Å². The maximum atomic E-state index is 9.88. The van der Waals surface area contributed by atoms with Crippen LogP contribution in [0.25, 0.3) is 21.8 Å². The van der Waals surface area contributed by atoms with Gasteiger partial charge >= 0.3 is 0 Å². The molecule has 0 saturated heterocycles. The number of thioether (sulfide) groups is 2. The molecule has 0 unspecified atom stereocenters. The van der Waals surface area contributed by atoms with Gasteiger partial charge in [-0.25, -0.2) is 9.97 Å². The summed E-state index contributed by atoms with van der Waals surface area (Å²) in [5.74, 6) is 1.11. The van der Waals surface area contributed by atoms with Gasteiger partial charge in [0, 0.05) is 22.2 Å². The minimum Gasteiger partial charge on any atom is -0.392 e. The number of benzene rings is 1. The molecule has 3 rings (SSSR count). The molecule has 144 valence electrons. The molecular formula is C21H21N3OS3. The molecule has 0 aliphatic heterocycles. The van der Waals surface area contributed by atoms with Crippen LogP contribution in [0.1, 0.15) is 30.9 Å². The van der Waals surface area contributed by atoms with E-state index in [2.05, 4.69) is 18.0 Å². The van der Waals surface area contributed by atoms with Crippen molar-refractivity contribution in [1.29, 1.82) is 5.26 Å². The molecule has 0 saturated carbocycles. The highest BCUT2D eigenvalue weighted by atomic mass is 32.2. The lowest BCUT2D eigenvalue weighted by atomic mass is 9.99. The van der Waals surface area contributed by atoms with Crippen LogP contribution in [0.5, 0.6) is 0 Å². The first-order chi connectivity index (χ1) is 13.8. The highest BCUT2D eigenvalue weighted by Crippen LogP contribution is 2.36. The van der Waals surface area contributed by atoms with Crippen molar-refractivity contribution in [2.45, 2.75) is 31.4 Å². The van der Waals surface area contributed by atoms with Gasteiger partial charge in [-0.05, 0) is 35.4 Å². The second kappa shape index (κ2) is 10.6. The first-order valence-corrected chi connectivity index (χ1v) is 12.0. The molecule has 1 aromatic carbocycles. The molecule has 2 aromatic heterocycles. The summed E-state index contributed by atoms with van der Waals surface area (Å²) in [6, 6.07) is 11.9. The van der Waals surface area contributed by atoms with Crippen molar-refractivity contribution in [3.8, 4) is 27.9 Å². The van der Waals surface area contributed by atoms with Crippen molar-refractivity contribution < 1.29 is 5.11 Å². The van der Waals surface area contributed by atoms with E-state index in [0.29, 0.717) is 5.56 Å². The van der Waals surface area contributed by atoms with Crippen LogP contribution in [0.4, 0.5) is 0 Å². The summed E-state index contributed by atoms with van der Waals surface area (Å²) in [7, 11) is 0. The molecule has 3 aromatic rings. The van der Waals surface area contributed by atoms with Gasteiger partial charge in [0.1, 0.15) is 21.8 Å². The minimum absolute atomic E-state index is 0.0319. The number of unbranched alkanes of at least 4 members (excludes halogenated alkanes) is 1. The summed E-state index contributed by atoms with van der Waals surface area (Å²) >= 11 is 5.01. The minimum atomic E-state index is -0.0319. The first kappa shape index (κ1) is 20.9. The van der Waals surface area contributed by atoms with Crippen LogP contribution >= 0.6 is 34.9 Å². The third-order valence-electron chi connectivity index (χ3n) is 4.09. The molecule has 0 bridgehead atoms. The number of pyridine rings is 1. The zero-order chi connectivity index (χ0) is 19.8.